The molecule has 2 aliphatic heterocycles. The van der Waals surface area contributed by atoms with Crippen molar-refractivity contribution in [2.45, 2.75) is 25.0 Å². The minimum Gasteiger partial charge on any atom is -0.364 e. The zero-order chi connectivity index (χ0) is 14.7. The summed E-state index contributed by atoms with van der Waals surface area (Å²) < 4.78 is 0. The van der Waals surface area contributed by atoms with E-state index in [1.165, 1.54) is 31.5 Å². The van der Waals surface area contributed by atoms with Crippen LogP contribution in [0, 0.1) is 5.41 Å². The van der Waals surface area contributed by atoms with Crippen LogP contribution < -0.4 is 5.32 Å². The minimum absolute atomic E-state index is 0.417. The van der Waals surface area contributed by atoms with E-state index in [9.17, 15) is 0 Å². The van der Waals surface area contributed by atoms with Gasteiger partial charge in [0.2, 0.25) is 0 Å². The maximum atomic E-state index is 4.68. The second-order valence-corrected chi connectivity index (χ2v) is 7.82. The molecular weight excluding hydrogens is 278 g/mol. The Morgan fingerprint density at radius 3 is 2.71 bits per heavy atom. The number of thioether (sulfide) groups is 1. The second-order valence-electron chi connectivity index (χ2n) is 6.63. The highest BCUT2D eigenvalue weighted by molar-refractivity contribution is 8.14. The standard InChI is InChI=1S/C17H25N3S/c1-17(8-10-20(2)11-9-17)13-19-16-18-12-15(21-16)14-6-4-3-5-7-14/h3-7,15H,8-13H2,1-2H3,(H,18,19). The fourth-order valence-corrected chi connectivity index (χ4v) is 3.95. The summed E-state index contributed by atoms with van der Waals surface area (Å²) in [4.78, 5) is 7.11. The van der Waals surface area contributed by atoms with Gasteiger partial charge in [0.15, 0.2) is 5.17 Å². The maximum Gasteiger partial charge on any atom is 0.157 e. The number of hydrogen-bond acceptors (Lipinski definition) is 4. The summed E-state index contributed by atoms with van der Waals surface area (Å²) in [6.45, 7) is 6.78. The molecule has 1 aromatic rings. The largest absolute Gasteiger partial charge is 0.364 e. The van der Waals surface area contributed by atoms with Crippen molar-refractivity contribution in [1.29, 1.82) is 0 Å². The van der Waals surface area contributed by atoms with Crippen molar-refractivity contribution >= 4 is 16.9 Å². The number of piperidine rings is 1. The van der Waals surface area contributed by atoms with E-state index in [1.807, 2.05) is 11.8 Å². The van der Waals surface area contributed by atoms with Gasteiger partial charge in [-0.15, -0.1) is 0 Å². The Morgan fingerprint density at radius 2 is 2.00 bits per heavy atom. The van der Waals surface area contributed by atoms with E-state index in [2.05, 4.69) is 59.5 Å². The topological polar surface area (TPSA) is 27.6 Å². The summed E-state index contributed by atoms with van der Waals surface area (Å²) in [7, 11) is 2.22. The van der Waals surface area contributed by atoms with Crippen molar-refractivity contribution in [3.05, 3.63) is 35.9 Å². The average molecular weight is 303 g/mol. The normalized spacial score (nSPS) is 25.6. The molecule has 0 aliphatic carbocycles. The van der Waals surface area contributed by atoms with Gasteiger partial charge < -0.3 is 10.2 Å². The summed E-state index contributed by atoms with van der Waals surface area (Å²) in [6, 6.07) is 10.7. The van der Waals surface area contributed by atoms with Crippen LogP contribution in [0.1, 0.15) is 30.6 Å². The molecule has 1 aromatic carbocycles. The van der Waals surface area contributed by atoms with E-state index in [4.69, 9.17) is 0 Å². The molecule has 3 rings (SSSR count). The lowest BCUT2D eigenvalue weighted by Gasteiger charge is -2.38. The van der Waals surface area contributed by atoms with Crippen LogP contribution in [-0.2, 0) is 0 Å². The number of aliphatic imine (C=N–C) groups is 1. The lowest BCUT2D eigenvalue weighted by Crippen LogP contribution is -2.42. The maximum absolute atomic E-state index is 4.68. The van der Waals surface area contributed by atoms with Gasteiger partial charge in [0.1, 0.15) is 0 Å². The zero-order valence-electron chi connectivity index (χ0n) is 13.0. The molecule has 0 spiro atoms. The lowest BCUT2D eigenvalue weighted by molar-refractivity contribution is 0.142. The van der Waals surface area contributed by atoms with E-state index in [-0.39, 0.29) is 0 Å². The van der Waals surface area contributed by atoms with Crippen LogP contribution in [0.5, 0.6) is 0 Å². The van der Waals surface area contributed by atoms with E-state index in [1.54, 1.807) is 0 Å². The smallest absolute Gasteiger partial charge is 0.157 e. The molecular formula is C17H25N3S. The first-order valence-electron chi connectivity index (χ1n) is 7.83. The number of likely N-dealkylation sites (tertiary alicyclic amines) is 1. The van der Waals surface area contributed by atoms with Crippen LogP contribution in [0.4, 0.5) is 0 Å². The average Bonchev–Trinajstić information content (AvgIpc) is 2.99. The van der Waals surface area contributed by atoms with Crippen molar-refractivity contribution in [3.8, 4) is 0 Å². The third-order valence-electron chi connectivity index (χ3n) is 4.69. The number of benzene rings is 1. The van der Waals surface area contributed by atoms with Gasteiger partial charge >= 0.3 is 0 Å². The van der Waals surface area contributed by atoms with E-state index in [0.29, 0.717) is 10.7 Å². The quantitative estimate of drug-likeness (QED) is 0.929. The molecule has 4 heteroatoms. The van der Waals surface area contributed by atoms with E-state index in [0.717, 1.165) is 18.3 Å². The molecule has 0 bridgehead atoms. The Bertz CT molecular complexity index is 492. The van der Waals surface area contributed by atoms with Gasteiger partial charge in [-0.05, 0) is 44.0 Å². The summed E-state index contributed by atoms with van der Waals surface area (Å²) in [6.07, 6.45) is 2.55. The predicted octanol–water partition coefficient (Wildman–Crippen LogP) is 3.15. The number of rotatable bonds is 3. The van der Waals surface area contributed by atoms with Crippen LogP contribution in [0.3, 0.4) is 0 Å². The van der Waals surface area contributed by atoms with Crippen molar-refractivity contribution in [3.63, 3.8) is 0 Å². The third-order valence-corrected chi connectivity index (χ3v) is 5.89. The van der Waals surface area contributed by atoms with E-state index < -0.39 is 0 Å². The van der Waals surface area contributed by atoms with Crippen LogP contribution >= 0.6 is 11.8 Å². The lowest BCUT2D eigenvalue weighted by atomic mass is 9.80. The highest BCUT2D eigenvalue weighted by Crippen LogP contribution is 2.35. The van der Waals surface area contributed by atoms with Crippen LogP contribution in [0.2, 0.25) is 0 Å². The molecule has 3 nitrogen and oxygen atoms in total. The van der Waals surface area contributed by atoms with Gasteiger partial charge in [-0.1, -0.05) is 49.0 Å². The number of hydrogen-bond donors (Lipinski definition) is 1. The Morgan fingerprint density at radius 1 is 1.29 bits per heavy atom. The number of nitrogens with one attached hydrogen (secondary N) is 1. The molecule has 1 atom stereocenters. The summed E-state index contributed by atoms with van der Waals surface area (Å²) >= 11 is 1.88. The van der Waals surface area contributed by atoms with Crippen LogP contribution in [0.15, 0.2) is 35.3 Å². The van der Waals surface area contributed by atoms with Crippen LogP contribution in [-0.4, -0.2) is 43.3 Å². The molecule has 2 aliphatic rings. The Balaban J connectivity index is 1.49. The summed E-state index contributed by atoms with van der Waals surface area (Å²) in [5.74, 6) is 0. The molecule has 0 radical (unpaired) electrons. The monoisotopic (exact) mass is 303 g/mol. The first-order chi connectivity index (χ1) is 10.1. The molecule has 1 unspecified atom stereocenters. The van der Waals surface area contributed by atoms with Crippen molar-refractivity contribution in [2.24, 2.45) is 10.4 Å². The van der Waals surface area contributed by atoms with Crippen LogP contribution in [0.25, 0.3) is 0 Å². The molecule has 1 saturated heterocycles. The molecule has 1 fully saturated rings. The van der Waals surface area contributed by atoms with Gasteiger partial charge in [0.25, 0.3) is 0 Å². The van der Waals surface area contributed by atoms with Gasteiger partial charge in [-0.2, -0.15) is 0 Å². The molecule has 0 aromatic heterocycles. The molecule has 21 heavy (non-hydrogen) atoms. The molecule has 1 N–H and O–H groups in total. The molecule has 2 heterocycles. The number of nitrogens with zero attached hydrogens (tertiary/aromatic N) is 2. The Hall–Kier alpha value is -1.00. The fourth-order valence-electron chi connectivity index (χ4n) is 2.94. The summed E-state index contributed by atoms with van der Waals surface area (Å²) in [5, 5.41) is 5.21. The second kappa shape index (κ2) is 6.41. The SMILES string of the molecule is CN1CCC(C)(CNC2=NCC(c3ccccc3)S2)CC1. The number of amidine groups is 1. The first-order valence-corrected chi connectivity index (χ1v) is 8.71. The van der Waals surface area contributed by atoms with Gasteiger partial charge in [0, 0.05) is 6.54 Å². The third kappa shape index (κ3) is 3.80. The predicted molar refractivity (Wildman–Crippen MR) is 91.9 cm³/mol. The highest BCUT2D eigenvalue weighted by atomic mass is 32.2. The zero-order valence-corrected chi connectivity index (χ0v) is 13.8. The fraction of sp³-hybridized carbons (Fsp3) is 0.588. The first kappa shape index (κ1) is 14.9. The van der Waals surface area contributed by atoms with E-state index >= 15 is 0 Å². The minimum atomic E-state index is 0.417. The van der Waals surface area contributed by atoms with Gasteiger partial charge in [-0.3, -0.25) is 4.99 Å². The van der Waals surface area contributed by atoms with Crippen molar-refractivity contribution < 1.29 is 0 Å². The van der Waals surface area contributed by atoms with Crippen molar-refractivity contribution in [2.75, 3.05) is 33.2 Å². The van der Waals surface area contributed by atoms with Gasteiger partial charge in [-0.25, -0.2) is 0 Å². The Labute approximate surface area is 132 Å². The molecule has 114 valence electrons. The molecule has 0 saturated carbocycles. The van der Waals surface area contributed by atoms with Gasteiger partial charge in [0.05, 0.1) is 11.8 Å². The highest BCUT2D eigenvalue weighted by Gasteiger charge is 2.30. The Kier molecular flexibility index (Phi) is 4.55. The summed E-state index contributed by atoms with van der Waals surface area (Å²) in [5.41, 5.74) is 1.80. The van der Waals surface area contributed by atoms with Crippen molar-refractivity contribution in [1.82, 2.24) is 10.2 Å². The molecule has 0 amide bonds.